The zero-order valence-corrected chi connectivity index (χ0v) is 8.11. The Morgan fingerprint density at radius 3 is 2.71 bits per heavy atom. The van der Waals surface area contributed by atoms with E-state index in [1.54, 1.807) is 0 Å². The first-order chi connectivity index (χ1) is 6.90. The minimum absolute atomic E-state index is 0.0361. The highest BCUT2D eigenvalue weighted by Gasteiger charge is 2.21. The summed E-state index contributed by atoms with van der Waals surface area (Å²) in [5.74, 6) is 0. The topological polar surface area (TPSA) is 35.8 Å². The Kier molecular flexibility index (Phi) is 2.81. The highest BCUT2D eigenvalue weighted by molar-refractivity contribution is 5.20. The van der Waals surface area contributed by atoms with E-state index in [2.05, 4.69) is 23.5 Å². The predicted octanol–water partition coefficient (Wildman–Crippen LogP) is 2.39. The maximum atomic E-state index is 8.84. The van der Waals surface area contributed by atoms with E-state index >= 15 is 0 Å². The van der Waals surface area contributed by atoms with E-state index in [4.69, 9.17) is 5.26 Å². The normalized spacial score (nSPS) is 26.8. The largest absolute Gasteiger partial charge is 0.295 e. The van der Waals surface area contributed by atoms with Gasteiger partial charge in [-0.25, -0.2) is 0 Å². The lowest BCUT2D eigenvalue weighted by molar-refractivity contribution is 0.368. The fraction of sp³-hybridized carbons (Fsp3) is 0.417. The third kappa shape index (κ3) is 1.94. The van der Waals surface area contributed by atoms with Crippen molar-refractivity contribution in [2.24, 2.45) is 0 Å². The summed E-state index contributed by atoms with van der Waals surface area (Å²) in [6.07, 6.45) is 3.27. The van der Waals surface area contributed by atoms with E-state index in [1.807, 2.05) is 18.2 Å². The molecule has 14 heavy (non-hydrogen) atoms. The van der Waals surface area contributed by atoms with Gasteiger partial charge in [0.25, 0.3) is 0 Å². The van der Waals surface area contributed by atoms with Crippen molar-refractivity contribution in [3.05, 3.63) is 35.9 Å². The molecule has 1 saturated heterocycles. The molecule has 1 fully saturated rings. The number of nitrogens with zero attached hydrogens (tertiary/aromatic N) is 1. The molecule has 2 heteroatoms. The van der Waals surface area contributed by atoms with Gasteiger partial charge in [-0.3, -0.25) is 5.32 Å². The van der Waals surface area contributed by atoms with E-state index in [0.29, 0.717) is 6.04 Å². The average molecular weight is 186 g/mol. The molecule has 0 radical (unpaired) electrons. The second-order valence-corrected chi connectivity index (χ2v) is 3.74. The SMILES string of the molecule is N#CC1CCCC(c2ccccc2)N1. The van der Waals surface area contributed by atoms with Gasteiger partial charge < -0.3 is 0 Å². The highest BCUT2D eigenvalue weighted by atomic mass is 15.0. The quantitative estimate of drug-likeness (QED) is 0.731. The molecule has 1 aromatic rings. The first-order valence-electron chi connectivity index (χ1n) is 5.11. The predicted molar refractivity (Wildman–Crippen MR) is 55.6 cm³/mol. The first kappa shape index (κ1) is 9.23. The molecule has 0 saturated carbocycles. The van der Waals surface area contributed by atoms with Crippen LogP contribution in [0.2, 0.25) is 0 Å². The first-order valence-corrected chi connectivity index (χ1v) is 5.11. The Morgan fingerprint density at radius 2 is 2.00 bits per heavy atom. The molecule has 72 valence electrons. The van der Waals surface area contributed by atoms with Gasteiger partial charge in [-0.05, 0) is 24.8 Å². The third-order valence-electron chi connectivity index (χ3n) is 2.75. The van der Waals surface area contributed by atoms with E-state index in [-0.39, 0.29) is 6.04 Å². The number of piperidine rings is 1. The van der Waals surface area contributed by atoms with Gasteiger partial charge in [0.2, 0.25) is 0 Å². The monoisotopic (exact) mass is 186 g/mol. The fourth-order valence-electron chi connectivity index (χ4n) is 1.99. The minimum atomic E-state index is 0.0361. The van der Waals surface area contributed by atoms with E-state index in [1.165, 1.54) is 5.56 Å². The van der Waals surface area contributed by atoms with Crippen molar-refractivity contribution < 1.29 is 0 Å². The second-order valence-electron chi connectivity index (χ2n) is 3.74. The third-order valence-corrected chi connectivity index (χ3v) is 2.75. The van der Waals surface area contributed by atoms with E-state index in [0.717, 1.165) is 19.3 Å². The van der Waals surface area contributed by atoms with Gasteiger partial charge in [0, 0.05) is 6.04 Å². The summed E-state index contributed by atoms with van der Waals surface area (Å²) in [5.41, 5.74) is 1.30. The molecule has 1 heterocycles. The maximum absolute atomic E-state index is 8.84. The second kappa shape index (κ2) is 4.26. The number of nitrogens with one attached hydrogen (secondary N) is 1. The standard InChI is InChI=1S/C12H14N2/c13-9-11-7-4-8-12(14-11)10-5-2-1-3-6-10/h1-3,5-6,11-12,14H,4,7-8H2. The van der Waals surface area contributed by atoms with Crippen LogP contribution in [0.4, 0.5) is 0 Å². The van der Waals surface area contributed by atoms with Crippen molar-refractivity contribution in [2.45, 2.75) is 31.3 Å². The van der Waals surface area contributed by atoms with Crippen molar-refractivity contribution in [2.75, 3.05) is 0 Å². The molecule has 2 nitrogen and oxygen atoms in total. The summed E-state index contributed by atoms with van der Waals surface area (Å²) in [4.78, 5) is 0. The molecular weight excluding hydrogens is 172 g/mol. The molecule has 0 aliphatic carbocycles. The molecule has 2 unspecified atom stereocenters. The Hall–Kier alpha value is -1.33. The zero-order chi connectivity index (χ0) is 9.80. The molecule has 0 aromatic heterocycles. The molecule has 1 aliphatic heterocycles. The minimum Gasteiger partial charge on any atom is -0.295 e. The van der Waals surface area contributed by atoms with Crippen LogP contribution >= 0.6 is 0 Å². The summed E-state index contributed by atoms with van der Waals surface area (Å²) in [6, 6.07) is 13.1. The molecule has 0 amide bonds. The Labute approximate surface area is 84.6 Å². The Balaban J connectivity index is 2.09. The van der Waals surface area contributed by atoms with Gasteiger partial charge in [0.05, 0.1) is 12.1 Å². The summed E-state index contributed by atoms with van der Waals surface area (Å²) < 4.78 is 0. The summed E-state index contributed by atoms with van der Waals surface area (Å²) in [6.45, 7) is 0. The number of hydrogen-bond acceptors (Lipinski definition) is 2. The lowest BCUT2D eigenvalue weighted by atomic mass is 9.94. The molecule has 0 bridgehead atoms. The zero-order valence-electron chi connectivity index (χ0n) is 8.11. The summed E-state index contributed by atoms with van der Waals surface area (Å²) in [5, 5.41) is 12.2. The number of nitriles is 1. The van der Waals surface area contributed by atoms with Crippen LogP contribution in [0.25, 0.3) is 0 Å². The van der Waals surface area contributed by atoms with E-state index in [9.17, 15) is 0 Å². The lowest BCUT2D eigenvalue weighted by Crippen LogP contribution is -2.35. The summed E-state index contributed by atoms with van der Waals surface area (Å²) in [7, 11) is 0. The van der Waals surface area contributed by atoms with Crippen molar-refractivity contribution in [1.29, 1.82) is 5.26 Å². The van der Waals surface area contributed by atoms with Gasteiger partial charge in [-0.1, -0.05) is 30.3 Å². The molecular formula is C12H14N2. The van der Waals surface area contributed by atoms with Gasteiger partial charge in [-0.15, -0.1) is 0 Å². The van der Waals surface area contributed by atoms with Gasteiger partial charge >= 0.3 is 0 Å². The fourth-order valence-corrected chi connectivity index (χ4v) is 1.99. The number of rotatable bonds is 1. The van der Waals surface area contributed by atoms with Crippen LogP contribution in [-0.4, -0.2) is 6.04 Å². The molecule has 1 aliphatic rings. The van der Waals surface area contributed by atoms with Crippen molar-refractivity contribution in [3.8, 4) is 6.07 Å². The van der Waals surface area contributed by atoms with E-state index < -0.39 is 0 Å². The molecule has 1 N–H and O–H groups in total. The van der Waals surface area contributed by atoms with Crippen LogP contribution < -0.4 is 5.32 Å². The lowest BCUT2D eigenvalue weighted by Gasteiger charge is -2.27. The molecule has 1 aromatic carbocycles. The van der Waals surface area contributed by atoms with Crippen LogP contribution in [0.15, 0.2) is 30.3 Å². The van der Waals surface area contributed by atoms with Crippen molar-refractivity contribution >= 4 is 0 Å². The maximum Gasteiger partial charge on any atom is 0.0957 e. The molecule has 2 atom stereocenters. The molecule has 0 spiro atoms. The van der Waals surface area contributed by atoms with Gasteiger partial charge in [-0.2, -0.15) is 5.26 Å². The average Bonchev–Trinajstić information content (AvgIpc) is 2.30. The van der Waals surface area contributed by atoms with Gasteiger partial charge in [0.15, 0.2) is 0 Å². The highest BCUT2D eigenvalue weighted by Crippen LogP contribution is 2.24. The van der Waals surface area contributed by atoms with Crippen LogP contribution in [0.1, 0.15) is 30.9 Å². The smallest absolute Gasteiger partial charge is 0.0957 e. The van der Waals surface area contributed by atoms with Crippen LogP contribution in [-0.2, 0) is 0 Å². The Bertz CT molecular complexity index is 326. The van der Waals surface area contributed by atoms with Crippen LogP contribution in [0.3, 0.4) is 0 Å². The Morgan fingerprint density at radius 1 is 1.21 bits per heavy atom. The van der Waals surface area contributed by atoms with Gasteiger partial charge in [0.1, 0.15) is 0 Å². The number of benzene rings is 1. The van der Waals surface area contributed by atoms with Crippen molar-refractivity contribution in [3.63, 3.8) is 0 Å². The van der Waals surface area contributed by atoms with Crippen LogP contribution in [0, 0.1) is 11.3 Å². The van der Waals surface area contributed by atoms with Crippen molar-refractivity contribution in [1.82, 2.24) is 5.32 Å². The number of hydrogen-bond donors (Lipinski definition) is 1. The summed E-state index contributed by atoms with van der Waals surface area (Å²) >= 11 is 0. The molecule has 2 rings (SSSR count). The van der Waals surface area contributed by atoms with Crippen LogP contribution in [0.5, 0.6) is 0 Å².